The van der Waals surface area contributed by atoms with Gasteiger partial charge in [0, 0.05) is 6.54 Å². The van der Waals surface area contributed by atoms with E-state index in [1.165, 1.54) is 0 Å². The van der Waals surface area contributed by atoms with Crippen LogP contribution in [0.3, 0.4) is 0 Å². The van der Waals surface area contributed by atoms with Crippen molar-refractivity contribution in [2.75, 3.05) is 19.8 Å². The van der Waals surface area contributed by atoms with Crippen molar-refractivity contribution in [3.05, 3.63) is 0 Å². The van der Waals surface area contributed by atoms with E-state index in [2.05, 4.69) is 5.32 Å². The summed E-state index contributed by atoms with van der Waals surface area (Å²) in [6.07, 6.45) is -10.9. The molecule has 2 aliphatic rings. The van der Waals surface area contributed by atoms with E-state index in [0.717, 1.165) is 0 Å². The fourth-order valence-corrected chi connectivity index (χ4v) is 2.64. The van der Waals surface area contributed by atoms with E-state index >= 15 is 0 Å². The van der Waals surface area contributed by atoms with Gasteiger partial charge in [0.1, 0.15) is 36.6 Å². The standard InChI is InChI=1S/C12H23NO9/c14-2-4-11(7(17)5(16)1-13-4)22-12-10(20)9(19)8(18)6(3-15)21-12/h4-20H,1-3H2/t4-,5+,6-,7-,8-,9+,10-,11+,12+/m1/s1. The summed E-state index contributed by atoms with van der Waals surface area (Å²) < 4.78 is 10.6. The molecule has 8 N–H and O–H groups in total. The topological polar surface area (TPSA) is 172 Å². The van der Waals surface area contributed by atoms with Gasteiger partial charge in [-0.25, -0.2) is 0 Å². The van der Waals surface area contributed by atoms with Crippen molar-refractivity contribution < 1.29 is 45.2 Å². The highest BCUT2D eigenvalue weighted by molar-refractivity contribution is 4.95. The molecule has 2 fully saturated rings. The van der Waals surface area contributed by atoms with Crippen LogP contribution >= 0.6 is 0 Å². The Morgan fingerprint density at radius 2 is 1.59 bits per heavy atom. The van der Waals surface area contributed by atoms with Gasteiger partial charge in [0.25, 0.3) is 0 Å². The Kier molecular flexibility index (Phi) is 6.07. The van der Waals surface area contributed by atoms with Crippen LogP contribution in [0.1, 0.15) is 0 Å². The largest absolute Gasteiger partial charge is 0.395 e. The molecule has 0 aromatic rings. The predicted octanol–water partition coefficient (Wildman–Crippen LogP) is -5.14. The van der Waals surface area contributed by atoms with Crippen molar-refractivity contribution in [1.82, 2.24) is 5.32 Å². The van der Waals surface area contributed by atoms with E-state index < -0.39 is 68.3 Å². The minimum atomic E-state index is -1.62. The third-order valence-corrected chi connectivity index (χ3v) is 4.05. The molecule has 0 aliphatic carbocycles. The minimum Gasteiger partial charge on any atom is -0.395 e. The molecule has 2 aliphatic heterocycles. The average Bonchev–Trinajstić information content (AvgIpc) is 2.52. The molecule has 22 heavy (non-hydrogen) atoms. The van der Waals surface area contributed by atoms with Gasteiger partial charge in [-0.15, -0.1) is 0 Å². The number of nitrogens with one attached hydrogen (secondary N) is 1. The molecular weight excluding hydrogens is 302 g/mol. The number of hydrogen-bond donors (Lipinski definition) is 8. The molecule has 0 bridgehead atoms. The summed E-state index contributed by atoms with van der Waals surface area (Å²) in [4.78, 5) is 0. The van der Waals surface area contributed by atoms with Gasteiger partial charge in [-0.05, 0) is 0 Å². The van der Waals surface area contributed by atoms with E-state index in [-0.39, 0.29) is 6.54 Å². The number of hydrogen-bond acceptors (Lipinski definition) is 10. The van der Waals surface area contributed by atoms with Crippen molar-refractivity contribution in [2.24, 2.45) is 0 Å². The zero-order chi connectivity index (χ0) is 16.4. The molecule has 0 amide bonds. The molecule has 2 rings (SSSR count). The van der Waals surface area contributed by atoms with Gasteiger partial charge >= 0.3 is 0 Å². The Morgan fingerprint density at radius 1 is 0.909 bits per heavy atom. The molecule has 0 unspecified atom stereocenters. The van der Waals surface area contributed by atoms with Gasteiger partial charge in [0.2, 0.25) is 0 Å². The molecule has 10 nitrogen and oxygen atoms in total. The Bertz CT molecular complexity index is 355. The second-order valence-electron chi connectivity index (χ2n) is 5.55. The highest BCUT2D eigenvalue weighted by Gasteiger charge is 2.47. The van der Waals surface area contributed by atoms with Gasteiger partial charge in [-0.2, -0.15) is 0 Å². The number of aliphatic hydroxyl groups is 7. The molecule has 130 valence electrons. The Balaban J connectivity index is 2.09. The maximum absolute atomic E-state index is 9.97. The first-order valence-electron chi connectivity index (χ1n) is 7.07. The van der Waals surface area contributed by atoms with Crippen molar-refractivity contribution >= 4 is 0 Å². The Hall–Kier alpha value is -0.400. The van der Waals surface area contributed by atoms with E-state index in [9.17, 15) is 30.6 Å². The summed E-state index contributed by atoms with van der Waals surface area (Å²) in [5, 5.41) is 70.0. The third-order valence-electron chi connectivity index (χ3n) is 4.05. The van der Waals surface area contributed by atoms with E-state index in [4.69, 9.17) is 14.6 Å². The zero-order valence-corrected chi connectivity index (χ0v) is 11.8. The monoisotopic (exact) mass is 325 g/mol. The van der Waals surface area contributed by atoms with Crippen LogP contribution in [0.4, 0.5) is 0 Å². The van der Waals surface area contributed by atoms with Crippen molar-refractivity contribution in [3.63, 3.8) is 0 Å². The number of aliphatic hydroxyl groups excluding tert-OH is 7. The summed E-state index contributed by atoms with van der Waals surface area (Å²) in [5.41, 5.74) is 0. The van der Waals surface area contributed by atoms with Crippen LogP contribution in [0.5, 0.6) is 0 Å². The van der Waals surface area contributed by atoms with Gasteiger partial charge < -0.3 is 50.5 Å². The summed E-state index contributed by atoms with van der Waals surface area (Å²) in [5.74, 6) is 0. The molecule has 9 atom stereocenters. The lowest BCUT2D eigenvalue weighted by atomic mass is 9.95. The highest BCUT2D eigenvalue weighted by Crippen LogP contribution is 2.25. The number of ether oxygens (including phenoxy) is 2. The molecular formula is C12H23NO9. The van der Waals surface area contributed by atoms with Crippen LogP contribution in [0.25, 0.3) is 0 Å². The summed E-state index contributed by atoms with van der Waals surface area (Å²) in [7, 11) is 0. The third kappa shape index (κ3) is 3.41. The van der Waals surface area contributed by atoms with E-state index in [1.807, 2.05) is 0 Å². The van der Waals surface area contributed by atoms with Gasteiger partial charge in [-0.3, -0.25) is 0 Å². The minimum absolute atomic E-state index is 0.0565. The molecule has 0 aromatic heterocycles. The van der Waals surface area contributed by atoms with Crippen LogP contribution in [0.15, 0.2) is 0 Å². The lowest BCUT2D eigenvalue weighted by Gasteiger charge is -2.44. The first kappa shape index (κ1) is 17.9. The van der Waals surface area contributed by atoms with Crippen molar-refractivity contribution in [2.45, 2.75) is 55.1 Å². The first-order valence-corrected chi connectivity index (χ1v) is 7.07. The molecule has 0 saturated carbocycles. The predicted molar refractivity (Wildman–Crippen MR) is 69.5 cm³/mol. The smallest absolute Gasteiger partial charge is 0.187 e. The molecule has 0 spiro atoms. The molecule has 0 aromatic carbocycles. The van der Waals surface area contributed by atoms with Crippen molar-refractivity contribution in [3.8, 4) is 0 Å². The van der Waals surface area contributed by atoms with E-state index in [0.29, 0.717) is 0 Å². The Labute approximate surface area is 126 Å². The first-order chi connectivity index (χ1) is 10.4. The van der Waals surface area contributed by atoms with Gasteiger partial charge in [-0.1, -0.05) is 0 Å². The van der Waals surface area contributed by atoms with Crippen LogP contribution in [0.2, 0.25) is 0 Å². The van der Waals surface area contributed by atoms with Gasteiger partial charge in [0.05, 0.1) is 25.4 Å². The highest BCUT2D eigenvalue weighted by atomic mass is 16.7. The number of piperidine rings is 1. The summed E-state index contributed by atoms with van der Waals surface area (Å²) >= 11 is 0. The van der Waals surface area contributed by atoms with Crippen LogP contribution in [0, 0.1) is 0 Å². The molecule has 2 saturated heterocycles. The molecule has 0 radical (unpaired) electrons. The van der Waals surface area contributed by atoms with Crippen LogP contribution < -0.4 is 5.32 Å². The van der Waals surface area contributed by atoms with Gasteiger partial charge in [0.15, 0.2) is 6.29 Å². The maximum Gasteiger partial charge on any atom is 0.187 e. The van der Waals surface area contributed by atoms with E-state index in [1.54, 1.807) is 0 Å². The quantitative estimate of drug-likeness (QED) is 0.250. The van der Waals surface area contributed by atoms with Crippen LogP contribution in [-0.2, 0) is 9.47 Å². The summed E-state index contributed by atoms with van der Waals surface area (Å²) in [6.45, 7) is -0.949. The molecule has 2 heterocycles. The fourth-order valence-electron chi connectivity index (χ4n) is 2.64. The van der Waals surface area contributed by atoms with Crippen molar-refractivity contribution in [1.29, 1.82) is 0 Å². The summed E-state index contributed by atoms with van der Waals surface area (Å²) in [6, 6.07) is -0.717. The number of rotatable bonds is 4. The average molecular weight is 325 g/mol. The second kappa shape index (κ2) is 7.45. The lowest BCUT2D eigenvalue weighted by Crippen LogP contribution is -2.65. The lowest BCUT2D eigenvalue weighted by molar-refractivity contribution is -0.324. The second-order valence-corrected chi connectivity index (χ2v) is 5.55. The normalized spacial score (nSPS) is 50.0. The van der Waals surface area contributed by atoms with Crippen LogP contribution in [-0.4, -0.2) is 111 Å². The maximum atomic E-state index is 9.97. The Morgan fingerprint density at radius 3 is 2.18 bits per heavy atom. The fraction of sp³-hybridized carbons (Fsp3) is 1.00. The molecule has 10 heteroatoms. The zero-order valence-electron chi connectivity index (χ0n) is 11.8. The number of β-amino-alcohol motifs (C(OH)–C–C–N with tert-alkyl or cyclic N) is 1. The SMILES string of the molecule is OC[C@H]1NC[C@H](O)[C@@H](O)[C@H]1O[C@@H]1O[C@H](CO)[C@@H](O)[C@H](O)[C@H]1O.